The first kappa shape index (κ1) is 10.6. The number of hydrogen-bond acceptors (Lipinski definition) is 4. The maximum absolute atomic E-state index is 12.8. The third-order valence-corrected chi connectivity index (χ3v) is 1.84. The number of carbonyl (C=O) groups is 1. The fourth-order valence-corrected chi connectivity index (χ4v) is 1.15. The summed E-state index contributed by atoms with van der Waals surface area (Å²) in [6.07, 6.45) is -1.54. The Morgan fingerprint density at radius 2 is 2.43 bits per heavy atom. The summed E-state index contributed by atoms with van der Waals surface area (Å²) in [6.45, 7) is 0. The zero-order valence-corrected chi connectivity index (χ0v) is 8.01. The predicted molar refractivity (Wildman–Crippen MR) is 44.4 cm³/mol. The third-order valence-electron chi connectivity index (χ3n) is 1.28. The minimum Gasteiger partial charge on any atom is -0.478 e. The van der Waals surface area contributed by atoms with Crippen LogP contribution in [-0.2, 0) is 4.79 Å². The molecule has 0 aromatic carbocycles. The SMILES string of the molecule is O=C(O)C(F)n1cc(Br)c([N+](=O)[O-])n1. The van der Waals surface area contributed by atoms with Gasteiger partial charge in [-0.15, -0.1) is 4.68 Å². The average molecular weight is 268 g/mol. The summed E-state index contributed by atoms with van der Waals surface area (Å²) in [6, 6.07) is 0. The van der Waals surface area contributed by atoms with E-state index in [1.807, 2.05) is 0 Å². The first-order valence-corrected chi connectivity index (χ1v) is 3.98. The molecule has 0 aliphatic rings. The van der Waals surface area contributed by atoms with Gasteiger partial charge in [-0.1, -0.05) is 0 Å². The molecule has 1 aromatic heterocycles. The van der Waals surface area contributed by atoms with Gasteiger partial charge in [-0.3, -0.25) is 0 Å². The summed E-state index contributed by atoms with van der Waals surface area (Å²) in [5, 5.41) is 21.7. The fraction of sp³-hybridized carbons (Fsp3) is 0.200. The van der Waals surface area contributed by atoms with Gasteiger partial charge in [-0.05, 0) is 20.9 Å². The van der Waals surface area contributed by atoms with E-state index < -0.39 is 23.0 Å². The lowest BCUT2D eigenvalue weighted by atomic mass is 10.6. The standard InChI is InChI=1S/C5H3BrFN3O4/c6-2-1-9(3(7)5(11)12)8-4(2)10(13)14/h1,3H,(H,11,12). The van der Waals surface area contributed by atoms with Crippen molar-refractivity contribution < 1.29 is 19.2 Å². The topological polar surface area (TPSA) is 98.3 Å². The number of hydrogen-bond donors (Lipinski definition) is 1. The van der Waals surface area contributed by atoms with Gasteiger partial charge < -0.3 is 15.2 Å². The zero-order chi connectivity index (χ0) is 10.9. The number of carboxylic acid groups (broad SMARTS) is 1. The van der Waals surface area contributed by atoms with Crippen LogP contribution in [0, 0.1) is 10.1 Å². The molecule has 0 fully saturated rings. The highest BCUT2D eigenvalue weighted by Crippen LogP contribution is 2.24. The molecule has 0 aliphatic carbocycles. The molecule has 0 saturated carbocycles. The number of nitrogens with zero attached hydrogens (tertiary/aromatic N) is 3. The molecule has 7 nitrogen and oxygen atoms in total. The molecule has 76 valence electrons. The monoisotopic (exact) mass is 267 g/mol. The number of aliphatic carboxylic acids is 1. The number of rotatable bonds is 3. The summed E-state index contributed by atoms with van der Waals surface area (Å²) >= 11 is 2.75. The van der Waals surface area contributed by atoms with Gasteiger partial charge in [0.05, 0.1) is 11.3 Å². The zero-order valence-electron chi connectivity index (χ0n) is 6.42. The smallest absolute Gasteiger partial charge is 0.404 e. The minimum atomic E-state index is -2.43. The van der Waals surface area contributed by atoms with Gasteiger partial charge in [0.25, 0.3) is 0 Å². The van der Waals surface area contributed by atoms with Crippen LogP contribution >= 0.6 is 15.9 Å². The lowest BCUT2D eigenvalue weighted by molar-refractivity contribution is -0.390. The van der Waals surface area contributed by atoms with E-state index in [4.69, 9.17) is 5.11 Å². The highest BCUT2D eigenvalue weighted by molar-refractivity contribution is 9.10. The molecule has 0 radical (unpaired) electrons. The second-order valence-corrected chi connectivity index (χ2v) is 3.07. The molecule has 14 heavy (non-hydrogen) atoms. The van der Waals surface area contributed by atoms with Crippen LogP contribution in [0.2, 0.25) is 0 Å². The summed E-state index contributed by atoms with van der Waals surface area (Å²) in [4.78, 5) is 19.6. The number of halogens is 2. The number of alkyl halides is 1. The van der Waals surface area contributed by atoms with Crippen molar-refractivity contribution in [1.82, 2.24) is 9.78 Å². The Kier molecular flexibility index (Phi) is 2.79. The molecule has 1 rings (SSSR count). The van der Waals surface area contributed by atoms with Gasteiger partial charge in [-0.2, -0.15) is 0 Å². The van der Waals surface area contributed by atoms with Crippen molar-refractivity contribution in [3.05, 3.63) is 20.8 Å². The van der Waals surface area contributed by atoms with Crippen LogP contribution in [0.15, 0.2) is 10.7 Å². The average Bonchev–Trinajstić information content (AvgIpc) is 2.45. The molecule has 0 spiro atoms. The van der Waals surface area contributed by atoms with E-state index in [-0.39, 0.29) is 4.47 Å². The fourth-order valence-electron chi connectivity index (χ4n) is 0.713. The first-order chi connectivity index (χ1) is 6.43. The molecule has 1 unspecified atom stereocenters. The number of carboxylic acids is 1. The summed E-state index contributed by atoms with van der Waals surface area (Å²) in [5.41, 5.74) is 0. The highest BCUT2D eigenvalue weighted by Gasteiger charge is 2.27. The maximum Gasteiger partial charge on any atom is 0.404 e. The Labute approximate surface area is 84.4 Å². The number of aromatic nitrogens is 2. The number of nitro groups is 1. The van der Waals surface area contributed by atoms with E-state index in [1.54, 1.807) is 0 Å². The van der Waals surface area contributed by atoms with Crippen LogP contribution in [0.3, 0.4) is 0 Å². The third kappa shape index (κ3) is 1.87. The summed E-state index contributed by atoms with van der Waals surface area (Å²) in [7, 11) is 0. The van der Waals surface area contributed by atoms with E-state index in [2.05, 4.69) is 21.0 Å². The van der Waals surface area contributed by atoms with Gasteiger partial charge in [-0.25, -0.2) is 9.18 Å². The van der Waals surface area contributed by atoms with E-state index in [0.717, 1.165) is 6.20 Å². The minimum absolute atomic E-state index is 0.0774. The van der Waals surface area contributed by atoms with Crippen LogP contribution in [-0.4, -0.2) is 25.8 Å². The lowest BCUT2D eigenvalue weighted by Gasteiger charge is -1.96. The quantitative estimate of drug-likeness (QED) is 0.653. The highest BCUT2D eigenvalue weighted by atomic mass is 79.9. The van der Waals surface area contributed by atoms with Crippen LogP contribution in [0.4, 0.5) is 10.2 Å². The Hall–Kier alpha value is -1.51. The largest absolute Gasteiger partial charge is 0.478 e. The van der Waals surface area contributed by atoms with Crippen LogP contribution < -0.4 is 0 Å². The molecule has 0 bridgehead atoms. The van der Waals surface area contributed by atoms with Gasteiger partial charge in [0.2, 0.25) is 0 Å². The van der Waals surface area contributed by atoms with Crippen molar-refractivity contribution in [3.63, 3.8) is 0 Å². The van der Waals surface area contributed by atoms with Crippen LogP contribution in [0.25, 0.3) is 0 Å². The predicted octanol–water partition coefficient (Wildman–Crippen LogP) is 1.11. The molecule has 1 N–H and O–H groups in total. The van der Waals surface area contributed by atoms with Gasteiger partial charge in [0.1, 0.15) is 4.47 Å². The van der Waals surface area contributed by atoms with E-state index >= 15 is 0 Å². The first-order valence-electron chi connectivity index (χ1n) is 3.19. The molecule has 9 heteroatoms. The summed E-state index contributed by atoms with van der Waals surface area (Å²) < 4.78 is 13.0. The van der Waals surface area contributed by atoms with E-state index in [0.29, 0.717) is 4.68 Å². The second kappa shape index (κ2) is 3.70. The normalized spacial score (nSPS) is 12.4. The van der Waals surface area contributed by atoms with Crippen molar-refractivity contribution in [2.75, 3.05) is 0 Å². The second-order valence-electron chi connectivity index (χ2n) is 2.21. The molecule has 0 saturated heterocycles. The van der Waals surface area contributed by atoms with E-state index in [9.17, 15) is 19.3 Å². The molecule has 1 atom stereocenters. The Morgan fingerprint density at radius 3 is 2.79 bits per heavy atom. The van der Waals surface area contributed by atoms with Crippen molar-refractivity contribution >= 4 is 27.7 Å². The Balaban J connectivity index is 3.08. The van der Waals surface area contributed by atoms with Gasteiger partial charge >= 0.3 is 18.1 Å². The summed E-state index contributed by atoms with van der Waals surface area (Å²) in [5.74, 6) is -2.40. The van der Waals surface area contributed by atoms with Crippen LogP contribution in [0.1, 0.15) is 6.30 Å². The van der Waals surface area contributed by atoms with Gasteiger partial charge in [0.15, 0.2) is 0 Å². The maximum atomic E-state index is 12.8. The molecular weight excluding hydrogens is 265 g/mol. The van der Waals surface area contributed by atoms with Crippen molar-refractivity contribution in [1.29, 1.82) is 0 Å². The Bertz CT molecular complexity index is 392. The van der Waals surface area contributed by atoms with Crippen molar-refractivity contribution in [2.45, 2.75) is 6.30 Å². The van der Waals surface area contributed by atoms with E-state index in [1.165, 1.54) is 0 Å². The van der Waals surface area contributed by atoms with Crippen molar-refractivity contribution in [2.24, 2.45) is 0 Å². The molecule has 0 amide bonds. The molecular formula is C5H3BrFN3O4. The Morgan fingerprint density at radius 1 is 1.86 bits per heavy atom. The lowest BCUT2D eigenvalue weighted by Crippen LogP contribution is -2.14. The van der Waals surface area contributed by atoms with Gasteiger partial charge in [0, 0.05) is 0 Å². The molecule has 1 heterocycles. The van der Waals surface area contributed by atoms with Crippen molar-refractivity contribution in [3.8, 4) is 0 Å². The molecule has 0 aliphatic heterocycles. The van der Waals surface area contributed by atoms with Crippen LogP contribution in [0.5, 0.6) is 0 Å². The molecule has 1 aromatic rings.